The molecule has 0 heterocycles. The fraction of sp³-hybridized carbons (Fsp3) is 0.435. The molecule has 6 rings (SSSR count). The van der Waals surface area contributed by atoms with Crippen LogP contribution >= 0.6 is 27.5 Å². The molecule has 0 saturated heterocycles. The second-order valence-electron chi connectivity index (χ2n) is 8.83. The van der Waals surface area contributed by atoms with Crippen LogP contribution in [0.3, 0.4) is 0 Å². The van der Waals surface area contributed by atoms with Gasteiger partial charge in [0.05, 0.1) is 16.3 Å². The highest BCUT2D eigenvalue weighted by Crippen LogP contribution is 2.61. The first-order valence-corrected chi connectivity index (χ1v) is 11.1. The lowest BCUT2D eigenvalue weighted by molar-refractivity contribution is -0.00520. The van der Waals surface area contributed by atoms with Crippen molar-refractivity contribution in [2.45, 2.75) is 43.9 Å². The third kappa shape index (κ3) is 3.13. The molecule has 4 saturated carbocycles. The second-order valence-corrected chi connectivity index (χ2v) is 10.1. The molecule has 1 N–H and O–H groups in total. The van der Waals surface area contributed by atoms with Crippen molar-refractivity contribution in [3.63, 3.8) is 0 Å². The van der Waals surface area contributed by atoms with Gasteiger partial charge in [-0.05, 0) is 107 Å². The van der Waals surface area contributed by atoms with Gasteiger partial charge in [-0.1, -0.05) is 29.8 Å². The third-order valence-electron chi connectivity index (χ3n) is 6.99. The summed E-state index contributed by atoms with van der Waals surface area (Å²) in [5.41, 5.74) is 3.11. The Hall–Kier alpha value is -1.32. The normalized spacial score (nSPS) is 31.1. The third-order valence-corrected chi connectivity index (χ3v) is 7.97. The van der Waals surface area contributed by atoms with Crippen molar-refractivity contribution >= 4 is 39.1 Å². The Labute approximate surface area is 173 Å². The van der Waals surface area contributed by atoms with Gasteiger partial charge in [-0.15, -0.1) is 0 Å². The van der Waals surface area contributed by atoms with E-state index in [1.165, 1.54) is 44.1 Å². The summed E-state index contributed by atoms with van der Waals surface area (Å²) in [5.74, 6) is 2.60. The van der Waals surface area contributed by atoms with E-state index < -0.39 is 0 Å². The molecule has 140 valence electrons. The van der Waals surface area contributed by atoms with Gasteiger partial charge in [0, 0.05) is 4.47 Å². The summed E-state index contributed by atoms with van der Waals surface area (Å²) in [5, 5.41) is 3.47. The van der Waals surface area contributed by atoms with Crippen molar-refractivity contribution in [2.75, 3.05) is 5.32 Å². The lowest BCUT2D eigenvalue weighted by atomic mass is 9.48. The molecule has 2 aromatic rings. The second kappa shape index (κ2) is 6.63. The summed E-state index contributed by atoms with van der Waals surface area (Å²) in [6, 6.07) is 13.7. The number of anilines is 1. The Kier molecular flexibility index (Phi) is 4.36. The molecule has 0 spiro atoms. The maximum absolute atomic E-state index is 12.6. The lowest BCUT2D eigenvalue weighted by Crippen LogP contribution is -2.48. The van der Waals surface area contributed by atoms with Crippen molar-refractivity contribution < 1.29 is 4.79 Å². The molecule has 4 fully saturated rings. The van der Waals surface area contributed by atoms with Gasteiger partial charge < -0.3 is 5.32 Å². The fourth-order valence-corrected chi connectivity index (χ4v) is 6.95. The molecule has 1 amide bonds. The first-order chi connectivity index (χ1) is 13.0. The predicted molar refractivity (Wildman–Crippen MR) is 113 cm³/mol. The number of nitrogens with one attached hydrogen (secondary N) is 1. The number of hydrogen-bond donors (Lipinski definition) is 1. The van der Waals surface area contributed by atoms with Crippen LogP contribution in [0.15, 0.2) is 46.9 Å². The average Bonchev–Trinajstić information content (AvgIpc) is 2.62. The minimum atomic E-state index is -0.177. The Bertz CT molecular complexity index is 874. The molecule has 0 aromatic heterocycles. The Morgan fingerprint density at radius 2 is 1.63 bits per heavy atom. The smallest absolute Gasteiger partial charge is 0.257 e. The summed E-state index contributed by atoms with van der Waals surface area (Å²) in [6.45, 7) is 0. The highest BCUT2D eigenvalue weighted by Gasteiger charge is 2.51. The molecule has 2 aromatic carbocycles. The zero-order chi connectivity index (χ0) is 18.6. The van der Waals surface area contributed by atoms with Crippen LogP contribution in [0.5, 0.6) is 0 Å². The van der Waals surface area contributed by atoms with E-state index in [1.54, 1.807) is 12.1 Å². The van der Waals surface area contributed by atoms with Gasteiger partial charge in [-0.2, -0.15) is 0 Å². The predicted octanol–water partition coefficient (Wildman–Crippen LogP) is 6.82. The largest absolute Gasteiger partial charge is 0.321 e. The van der Waals surface area contributed by atoms with Crippen LogP contribution in [0.1, 0.15) is 54.4 Å². The highest BCUT2D eigenvalue weighted by molar-refractivity contribution is 9.10. The molecular weight excluding hydrogens is 422 g/mol. The number of carbonyl (C=O) groups excluding carboxylic acids is 1. The summed E-state index contributed by atoms with van der Waals surface area (Å²) in [7, 11) is 0. The van der Waals surface area contributed by atoms with Crippen LogP contribution in [0.2, 0.25) is 5.02 Å². The molecule has 0 atom stereocenters. The number of carbonyl (C=O) groups is 1. The lowest BCUT2D eigenvalue weighted by Gasteiger charge is -2.57. The van der Waals surface area contributed by atoms with Gasteiger partial charge in [-0.25, -0.2) is 0 Å². The van der Waals surface area contributed by atoms with Crippen LogP contribution in [-0.2, 0) is 5.41 Å². The summed E-state index contributed by atoms with van der Waals surface area (Å²) < 4.78 is 0.955. The van der Waals surface area contributed by atoms with E-state index in [0.29, 0.717) is 16.0 Å². The number of halogens is 2. The average molecular weight is 445 g/mol. The van der Waals surface area contributed by atoms with E-state index in [9.17, 15) is 4.79 Å². The maximum Gasteiger partial charge on any atom is 0.257 e. The molecule has 2 nitrogen and oxygen atoms in total. The Morgan fingerprint density at radius 1 is 1.00 bits per heavy atom. The van der Waals surface area contributed by atoms with Crippen molar-refractivity contribution in [1.82, 2.24) is 0 Å². The van der Waals surface area contributed by atoms with Gasteiger partial charge >= 0.3 is 0 Å². The molecular formula is C23H23BrClNO. The quantitative estimate of drug-likeness (QED) is 0.552. The van der Waals surface area contributed by atoms with Crippen molar-refractivity contribution in [2.24, 2.45) is 17.8 Å². The number of amides is 1. The minimum absolute atomic E-state index is 0.177. The number of rotatable bonds is 3. The van der Waals surface area contributed by atoms with E-state index in [0.717, 1.165) is 27.9 Å². The Morgan fingerprint density at radius 3 is 2.22 bits per heavy atom. The molecule has 4 aliphatic rings. The van der Waals surface area contributed by atoms with Gasteiger partial charge in [0.1, 0.15) is 0 Å². The first-order valence-electron chi connectivity index (χ1n) is 9.88. The van der Waals surface area contributed by atoms with Crippen LogP contribution in [0.25, 0.3) is 0 Å². The maximum atomic E-state index is 12.6. The topological polar surface area (TPSA) is 29.1 Å². The van der Waals surface area contributed by atoms with Gasteiger partial charge in [-0.3, -0.25) is 4.79 Å². The van der Waals surface area contributed by atoms with Crippen LogP contribution in [-0.4, -0.2) is 5.91 Å². The van der Waals surface area contributed by atoms with E-state index in [4.69, 9.17) is 11.6 Å². The van der Waals surface area contributed by atoms with Gasteiger partial charge in [0.2, 0.25) is 0 Å². The summed E-state index contributed by atoms with van der Waals surface area (Å²) in [6.07, 6.45) is 8.38. The summed E-state index contributed by atoms with van der Waals surface area (Å²) >= 11 is 9.85. The van der Waals surface area contributed by atoms with E-state index in [1.807, 2.05) is 18.2 Å². The number of hydrogen-bond acceptors (Lipinski definition) is 1. The zero-order valence-corrected chi connectivity index (χ0v) is 17.5. The molecule has 0 radical (unpaired) electrons. The molecule has 4 aliphatic carbocycles. The zero-order valence-electron chi connectivity index (χ0n) is 15.2. The molecule has 0 aliphatic heterocycles. The minimum Gasteiger partial charge on any atom is -0.321 e. The molecule has 27 heavy (non-hydrogen) atoms. The van der Waals surface area contributed by atoms with E-state index >= 15 is 0 Å². The monoisotopic (exact) mass is 443 g/mol. The number of benzene rings is 2. The van der Waals surface area contributed by atoms with E-state index in [-0.39, 0.29) is 5.91 Å². The standard InChI is InChI=1S/C23H23BrClNO/c24-19-10-17(23-11-14-7-15(12-23)9-16(8-14)13-23)5-6-21(19)26-22(27)18-3-1-2-4-20(18)25/h1-6,10,14-16H,7-9,11-13H2,(H,26,27). The first kappa shape index (κ1) is 17.8. The van der Waals surface area contributed by atoms with Crippen LogP contribution in [0.4, 0.5) is 5.69 Å². The van der Waals surface area contributed by atoms with Crippen molar-refractivity contribution in [3.05, 3.63) is 63.1 Å². The van der Waals surface area contributed by atoms with Crippen LogP contribution in [0, 0.1) is 17.8 Å². The van der Waals surface area contributed by atoms with Crippen LogP contribution < -0.4 is 5.32 Å². The van der Waals surface area contributed by atoms with Crippen molar-refractivity contribution in [3.8, 4) is 0 Å². The summed E-state index contributed by atoms with van der Waals surface area (Å²) in [4.78, 5) is 12.6. The fourth-order valence-electron chi connectivity index (χ4n) is 6.25. The van der Waals surface area contributed by atoms with Gasteiger partial charge in [0.25, 0.3) is 5.91 Å². The van der Waals surface area contributed by atoms with Crippen molar-refractivity contribution in [1.29, 1.82) is 0 Å². The highest BCUT2D eigenvalue weighted by atomic mass is 79.9. The van der Waals surface area contributed by atoms with E-state index in [2.05, 4.69) is 33.4 Å². The molecule has 0 unspecified atom stereocenters. The SMILES string of the molecule is O=C(Nc1ccc(C23CC4CC(CC(C4)C2)C3)cc1Br)c1ccccc1Cl. The Balaban J connectivity index is 1.40. The molecule has 4 heteroatoms. The molecule has 4 bridgehead atoms. The van der Waals surface area contributed by atoms with Gasteiger partial charge in [0.15, 0.2) is 0 Å².